The van der Waals surface area contributed by atoms with Crippen LogP contribution in [-0.4, -0.2) is 20.7 Å². The van der Waals surface area contributed by atoms with Crippen LogP contribution in [0.25, 0.3) is 0 Å². The van der Waals surface area contributed by atoms with Crippen molar-refractivity contribution in [1.82, 2.24) is 0 Å². The van der Waals surface area contributed by atoms with Crippen molar-refractivity contribution in [2.24, 2.45) is 4.99 Å². The third-order valence-corrected chi connectivity index (χ3v) is 6.24. The molecule has 0 fully saturated rings. The Bertz CT molecular complexity index is 1210. The summed E-state index contributed by atoms with van der Waals surface area (Å²) in [5, 5.41) is 0.662. The molecule has 3 aromatic rings. The average Bonchev–Trinajstić information content (AvgIpc) is 2.67. The molecule has 0 amide bonds. The molecule has 0 saturated heterocycles. The van der Waals surface area contributed by atoms with Crippen LogP contribution in [0, 0.1) is 11.6 Å². The van der Waals surface area contributed by atoms with Crippen molar-refractivity contribution in [3.8, 4) is 0 Å². The first-order chi connectivity index (χ1) is 13.8. The van der Waals surface area contributed by atoms with Gasteiger partial charge in [-0.15, -0.1) is 0 Å². The molecule has 4 nitrogen and oxygen atoms in total. The van der Waals surface area contributed by atoms with Gasteiger partial charge in [-0.1, -0.05) is 35.9 Å². The fourth-order valence-electron chi connectivity index (χ4n) is 3.26. The second-order valence-electron chi connectivity index (χ2n) is 6.52. The number of rotatable bonds is 4. The molecule has 1 N–H and O–H groups in total. The molecule has 3 aromatic carbocycles. The van der Waals surface area contributed by atoms with E-state index in [2.05, 4.69) is 9.71 Å². The van der Waals surface area contributed by atoms with Crippen molar-refractivity contribution in [1.29, 1.82) is 0 Å². The van der Waals surface area contributed by atoms with E-state index in [0.717, 1.165) is 47.0 Å². The number of sulfonamides is 1. The number of anilines is 1. The van der Waals surface area contributed by atoms with E-state index >= 15 is 0 Å². The molecule has 0 aliphatic carbocycles. The second-order valence-corrected chi connectivity index (χ2v) is 8.57. The molecule has 1 heterocycles. The van der Waals surface area contributed by atoms with Crippen LogP contribution in [0.4, 0.5) is 14.5 Å². The van der Waals surface area contributed by atoms with E-state index in [9.17, 15) is 17.2 Å². The lowest BCUT2D eigenvalue weighted by Gasteiger charge is -2.18. The van der Waals surface area contributed by atoms with Crippen LogP contribution >= 0.6 is 11.6 Å². The summed E-state index contributed by atoms with van der Waals surface area (Å²) in [5.41, 5.74) is 3.85. The van der Waals surface area contributed by atoms with Crippen molar-refractivity contribution in [3.05, 3.63) is 94.0 Å². The summed E-state index contributed by atoms with van der Waals surface area (Å²) in [7, 11) is -4.41. The topological polar surface area (TPSA) is 58.5 Å². The number of aliphatic imine (C=N–C) groups is 1. The first-order valence-corrected chi connectivity index (χ1v) is 10.6. The van der Waals surface area contributed by atoms with Crippen LogP contribution in [0.5, 0.6) is 0 Å². The van der Waals surface area contributed by atoms with Crippen molar-refractivity contribution < 1.29 is 17.2 Å². The fourth-order valence-corrected chi connectivity index (χ4v) is 4.65. The lowest BCUT2D eigenvalue weighted by molar-refractivity contribution is 0.521. The molecule has 0 bridgehead atoms. The predicted octanol–water partition coefficient (Wildman–Crippen LogP) is 4.81. The standard InChI is InChI=1S/C21H15ClF2N2O2S/c22-15-6-9-17-14(12-15)10-11-25-20(17)13-4-7-16(8-5-13)26-29(27,28)21-18(23)2-1-3-19(21)24/h1-9,12,26H,10-11H2. The number of benzene rings is 3. The monoisotopic (exact) mass is 432 g/mol. The van der Waals surface area contributed by atoms with Gasteiger partial charge >= 0.3 is 0 Å². The van der Waals surface area contributed by atoms with Gasteiger partial charge in [0, 0.05) is 28.4 Å². The molecular weight excluding hydrogens is 418 g/mol. The lowest BCUT2D eigenvalue weighted by Crippen LogP contribution is -2.17. The van der Waals surface area contributed by atoms with E-state index in [0.29, 0.717) is 11.6 Å². The fraction of sp³-hybridized carbons (Fsp3) is 0.0952. The summed E-state index contributed by atoms with van der Waals surface area (Å²) in [6, 6.07) is 15.0. The molecule has 0 atom stereocenters. The van der Waals surface area contributed by atoms with Crippen LogP contribution in [-0.2, 0) is 16.4 Å². The number of hydrogen-bond donors (Lipinski definition) is 1. The molecule has 0 radical (unpaired) electrons. The SMILES string of the molecule is O=S(=O)(Nc1ccc(C2=NCCc3cc(Cl)ccc32)cc1)c1c(F)cccc1F. The van der Waals surface area contributed by atoms with Crippen LogP contribution in [0.2, 0.25) is 5.02 Å². The molecular formula is C21H15ClF2N2O2S. The summed E-state index contributed by atoms with van der Waals surface area (Å²) in [4.78, 5) is 3.57. The first-order valence-electron chi connectivity index (χ1n) is 8.76. The molecule has 1 aliphatic heterocycles. The third-order valence-electron chi connectivity index (χ3n) is 4.57. The lowest BCUT2D eigenvalue weighted by atomic mass is 9.93. The zero-order valence-corrected chi connectivity index (χ0v) is 16.6. The molecule has 4 rings (SSSR count). The Kier molecular flexibility index (Phi) is 5.10. The zero-order valence-electron chi connectivity index (χ0n) is 15.0. The van der Waals surface area contributed by atoms with Crippen molar-refractivity contribution in [2.75, 3.05) is 11.3 Å². The minimum atomic E-state index is -4.41. The molecule has 8 heteroatoms. The number of halogens is 3. The highest BCUT2D eigenvalue weighted by molar-refractivity contribution is 7.92. The van der Waals surface area contributed by atoms with Crippen molar-refractivity contribution in [3.63, 3.8) is 0 Å². The van der Waals surface area contributed by atoms with Gasteiger partial charge in [0.15, 0.2) is 4.90 Å². The Labute approximate surface area is 171 Å². The molecule has 0 spiro atoms. The smallest absolute Gasteiger partial charge is 0.267 e. The summed E-state index contributed by atoms with van der Waals surface area (Å²) in [5.74, 6) is -2.30. The highest BCUT2D eigenvalue weighted by Gasteiger charge is 2.24. The predicted molar refractivity (Wildman–Crippen MR) is 109 cm³/mol. The minimum Gasteiger partial charge on any atom is -0.284 e. The Morgan fingerprint density at radius 3 is 2.34 bits per heavy atom. The van der Waals surface area contributed by atoms with E-state index in [4.69, 9.17) is 11.6 Å². The molecule has 29 heavy (non-hydrogen) atoms. The number of nitrogens with zero attached hydrogens (tertiary/aromatic N) is 1. The molecule has 148 valence electrons. The molecule has 1 aliphatic rings. The minimum absolute atomic E-state index is 0.184. The van der Waals surface area contributed by atoms with E-state index in [-0.39, 0.29) is 5.69 Å². The quantitative estimate of drug-likeness (QED) is 0.643. The maximum Gasteiger partial charge on any atom is 0.267 e. The van der Waals surface area contributed by atoms with Gasteiger partial charge in [0.25, 0.3) is 10.0 Å². The van der Waals surface area contributed by atoms with Crippen LogP contribution < -0.4 is 4.72 Å². The van der Waals surface area contributed by atoms with Crippen molar-refractivity contribution in [2.45, 2.75) is 11.3 Å². The van der Waals surface area contributed by atoms with Crippen LogP contribution in [0.1, 0.15) is 16.7 Å². The third kappa shape index (κ3) is 3.88. The number of fused-ring (bicyclic) bond motifs is 1. The molecule has 0 aromatic heterocycles. The molecule has 0 unspecified atom stereocenters. The maximum absolute atomic E-state index is 13.8. The van der Waals surface area contributed by atoms with E-state index in [1.165, 1.54) is 12.1 Å². The van der Waals surface area contributed by atoms with E-state index in [1.807, 2.05) is 12.1 Å². The first kappa shape index (κ1) is 19.5. The van der Waals surface area contributed by atoms with E-state index < -0.39 is 26.6 Å². The highest BCUT2D eigenvalue weighted by atomic mass is 35.5. The Hall–Kier alpha value is -2.77. The summed E-state index contributed by atoms with van der Waals surface area (Å²) >= 11 is 6.07. The van der Waals surface area contributed by atoms with Crippen molar-refractivity contribution >= 4 is 33.0 Å². The highest BCUT2D eigenvalue weighted by Crippen LogP contribution is 2.26. The number of hydrogen-bond acceptors (Lipinski definition) is 3. The van der Waals surface area contributed by atoms with Crippen LogP contribution in [0.15, 0.2) is 70.6 Å². The average molecular weight is 433 g/mol. The van der Waals surface area contributed by atoms with Gasteiger partial charge in [0.1, 0.15) is 11.6 Å². The second kappa shape index (κ2) is 7.57. The normalized spacial score (nSPS) is 13.6. The van der Waals surface area contributed by atoms with Crippen LogP contribution in [0.3, 0.4) is 0 Å². The zero-order chi connectivity index (χ0) is 20.6. The largest absolute Gasteiger partial charge is 0.284 e. The van der Waals surface area contributed by atoms with Gasteiger partial charge in [-0.25, -0.2) is 17.2 Å². The van der Waals surface area contributed by atoms with E-state index in [1.54, 1.807) is 18.2 Å². The summed E-state index contributed by atoms with van der Waals surface area (Å²) in [6.07, 6.45) is 0.797. The summed E-state index contributed by atoms with van der Waals surface area (Å²) < 4.78 is 54.7. The van der Waals surface area contributed by atoms with Gasteiger partial charge in [-0.2, -0.15) is 0 Å². The Balaban J connectivity index is 1.62. The number of nitrogens with one attached hydrogen (secondary N) is 1. The van der Waals surface area contributed by atoms with Gasteiger partial charge in [0.2, 0.25) is 0 Å². The summed E-state index contributed by atoms with van der Waals surface area (Å²) in [6.45, 7) is 0.629. The Morgan fingerprint density at radius 2 is 1.66 bits per heavy atom. The Morgan fingerprint density at radius 1 is 0.966 bits per heavy atom. The van der Waals surface area contributed by atoms with Gasteiger partial charge < -0.3 is 0 Å². The molecule has 0 saturated carbocycles. The van der Waals surface area contributed by atoms with Gasteiger partial charge in [-0.05, 0) is 48.4 Å². The van der Waals surface area contributed by atoms with Gasteiger partial charge in [0.05, 0.1) is 5.71 Å². The maximum atomic E-state index is 13.8. The van der Waals surface area contributed by atoms with Gasteiger partial charge in [-0.3, -0.25) is 9.71 Å².